The minimum absolute atomic E-state index is 0.181. The number of hydrogen-bond donors (Lipinski definition) is 2. The van der Waals surface area contributed by atoms with Crippen LogP contribution in [0.15, 0.2) is 60.0 Å². The van der Waals surface area contributed by atoms with Gasteiger partial charge in [-0.2, -0.15) is 0 Å². The predicted octanol–water partition coefficient (Wildman–Crippen LogP) is 3.27. The van der Waals surface area contributed by atoms with E-state index in [1.807, 2.05) is 66.9 Å². The molecule has 5 atom stereocenters. The SMILES string of the molecule is CC(C)CCN1C(=O)[C@@H]2[C@@H](C(=O)NCc3cccs3)[C@@]3(C)C=C[C@@]2(O3)[C@H]1C(=O)NCc1ccccc1. The molecule has 5 rings (SSSR count). The number of nitrogens with one attached hydrogen (secondary N) is 2. The van der Waals surface area contributed by atoms with Crippen LogP contribution in [0.5, 0.6) is 0 Å². The maximum absolute atomic E-state index is 13.9. The normalized spacial score (nSPS) is 30.2. The monoisotopic (exact) mass is 507 g/mol. The summed E-state index contributed by atoms with van der Waals surface area (Å²) >= 11 is 1.57. The van der Waals surface area contributed by atoms with E-state index < -0.39 is 29.1 Å². The van der Waals surface area contributed by atoms with Gasteiger partial charge in [0, 0.05) is 18.0 Å². The van der Waals surface area contributed by atoms with Crippen molar-refractivity contribution in [2.24, 2.45) is 17.8 Å². The summed E-state index contributed by atoms with van der Waals surface area (Å²) in [6.45, 7) is 7.22. The third-order valence-electron chi connectivity index (χ3n) is 7.60. The maximum atomic E-state index is 13.9. The molecule has 2 fully saturated rings. The number of thiophene rings is 1. The Morgan fingerprint density at radius 2 is 1.81 bits per heavy atom. The first kappa shape index (κ1) is 24.7. The molecule has 1 spiro atoms. The summed E-state index contributed by atoms with van der Waals surface area (Å²) < 4.78 is 6.54. The van der Waals surface area contributed by atoms with Gasteiger partial charge in [-0.15, -0.1) is 11.3 Å². The minimum atomic E-state index is -1.16. The molecule has 8 heteroatoms. The third-order valence-corrected chi connectivity index (χ3v) is 8.48. The summed E-state index contributed by atoms with van der Waals surface area (Å²) in [5, 5.41) is 8.00. The molecule has 0 unspecified atom stereocenters. The van der Waals surface area contributed by atoms with Gasteiger partial charge in [0.2, 0.25) is 17.7 Å². The topological polar surface area (TPSA) is 87.7 Å². The Bertz CT molecular complexity index is 1160. The quantitative estimate of drug-likeness (QED) is 0.510. The second kappa shape index (κ2) is 9.48. The Labute approximate surface area is 215 Å². The van der Waals surface area contributed by atoms with Crippen LogP contribution in [-0.4, -0.2) is 46.4 Å². The Kier molecular flexibility index (Phi) is 6.51. The third kappa shape index (κ3) is 4.16. The first-order valence-corrected chi connectivity index (χ1v) is 13.5. The molecule has 4 heterocycles. The minimum Gasteiger partial charge on any atom is -0.356 e. The number of ether oxygens (including phenoxy) is 1. The Morgan fingerprint density at radius 1 is 1.06 bits per heavy atom. The number of benzene rings is 1. The second-order valence-corrected chi connectivity index (χ2v) is 11.6. The van der Waals surface area contributed by atoms with Crippen molar-refractivity contribution in [1.29, 1.82) is 0 Å². The molecule has 0 aliphatic carbocycles. The van der Waals surface area contributed by atoms with E-state index in [1.165, 1.54) is 0 Å². The fraction of sp³-hybridized carbons (Fsp3) is 0.464. The standard InChI is InChI=1S/C28H33N3O4S/c1-18(2)11-14-31-23(25(33)29-16-19-8-5-4-6-9-19)28-13-12-27(3,35-28)21(22(28)26(31)34)24(32)30-17-20-10-7-15-36-20/h4-10,12-13,15,18,21-23H,11,14,16-17H2,1-3H3,(H,29,33)(H,30,32)/t21-,22-,23+,27+,28-/m0/s1. The fourth-order valence-electron chi connectivity index (χ4n) is 5.85. The molecule has 2 aromatic rings. The number of rotatable bonds is 9. The highest BCUT2D eigenvalue weighted by Gasteiger charge is 2.76. The average molecular weight is 508 g/mol. The number of carbonyl (C=O) groups excluding carboxylic acids is 3. The van der Waals surface area contributed by atoms with E-state index in [4.69, 9.17) is 4.74 Å². The predicted molar refractivity (Wildman–Crippen MR) is 138 cm³/mol. The zero-order valence-corrected chi connectivity index (χ0v) is 21.7. The first-order chi connectivity index (χ1) is 17.2. The van der Waals surface area contributed by atoms with Crippen LogP contribution in [0.2, 0.25) is 0 Å². The van der Waals surface area contributed by atoms with Gasteiger partial charge in [-0.3, -0.25) is 14.4 Å². The summed E-state index contributed by atoms with van der Waals surface area (Å²) in [6.07, 6.45) is 4.49. The average Bonchev–Trinajstić information content (AvgIpc) is 3.60. The lowest BCUT2D eigenvalue weighted by atomic mass is 9.70. The molecular weight excluding hydrogens is 474 g/mol. The summed E-state index contributed by atoms with van der Waals surface area (Å²) in [5.74, 6) is -1.74. The first-order valence-electron chi connectivity index (χ1n) is 12.6. The zero-order valence-electron chi connectivity index (χ0n) is 20.9. The lowest BCUT2D eigenvalue weighted by Crippen LogP contribution is -2.54. The molecule has 36 heavy (non-hydrogen) atoms. The highest BCUT2D eigenvalue weighted by molar-refractivity contribution is 7.09. The molecular formula is C28H33N3O4S. The van der Waals surface area contributed by atoms with Crippen molar-refractivity contribution in [3.8, 4) is 0 Å². The van der Waals surface area contributed by atoms with Gasteiger partial charge in [-0.05, 0) is 36.3 Å². The molecule has 2 bridgehead atoms. The molecule has 7 nitrogen and oxygen atoms in total. The number of amides is 3. The van der Waals surface area contributed by atoms with Crippen molar-refractivity contribution in [2.45, 2.75) is 57.5 Å². The Balaban J connectivity index is 1.43. The van der Waals surface area contributed by atoms with Gasteiger partial charge in [0.25, 0.3) is 0 Å². The van der Waals surface area contributed by atoms with Crippen LogP contribution in [-0.2, 0) is 32.2 Å². The van der Waals surface area contributed by atoms with Crippen molar-refractivity contribution in [3.63, 3.8) is 0 Å². The van der Waals surface area contributed by atoms with E-state index in [-0.39, 0.29) is 17.7 Å². The summed E-state index contributed by atoms with van der Waals surface area (Å²) in [4.78, 5) is 43.8. The van der Waals surface area contributed by atoms with Crippen LogP contribution in [0.25, 0.3) is 0 Å². The van der Waals surface area contributed by atoms with E-state index in [9.17, 15) is 14.4 Å². The Hall–Kier alpha value is -2.97. The van der Waals surface area contributed by atoms with E-state index in [0.29, 0.717) is 25.6 Å². The molecule has 1 aromatic carbocycles. The van der Waals surface area contributed by atoms with Crippen molar-refractivity contribution < 1.29 is 19.1 Å². The number of hydrogen-bond acceptors (Lipinski definition) is 5. The number of likely N-dealkylation sites (tertiary alicyclic amines) is 1. The van der Waals surface area contributed by atoms with Crippen molar-refractivity contribution in [1.82, 2.24) is 15.5 Å². The van der Waals surface area contributed by atoms with Crippen LogP contribution < -0.4 is 10.6 Å². The van der Waals surface area contributed by atoms with Crippen molar-refractivity contribution in [3.05, 3.63) is 70.4 Å². The molecule has 3 amide bonds. The fourth-order valence-corrected chi connectivity index (χ4v) is 6.49. The smallest absolute Gasteiger partial charge is 0.246 e. The summed E-state index contributed by atoms with van der Waals surface area (Å²) in [6, 6.07) is 12.8. The van der Waals surface area contributed by atoms with Crippen molar-refractivity contribution >= 4 is 29.1 Å². The van der Waals surface area contributed by atoms with Gasteiger partial charge < -0.3 is 20.3 Å². The number of nitrogens with zero attached hydrogens (tertiary/aromatic N) is 1. The number of carbonyl (C=O) groups is 3. The molecule has 0 saturated carbocycles. The molecule has 1 aromatic heterocycles. The lowest BCUT2D eigenvalue weighted by molar-refractivity contribution is -0.145. The van der Waals surface area contributed by atoms with Gasteiger partial charge in [0.05, 0.1) is 24.0 Å². The molecule has 3 aliphatic rings. The van der Waals surface area contributed by atoms with E-state index in [1.54, 1.807) is 16.2 Å². The van der Waals surface area contributed by atoms with Gasteiger partial charge in [0.1, 0.15) is 11.6 Å². The summed E-state index contributed by atoms with van der Waals surface area (Å²) in [5.41, 5.74) is -1.13. The molecule has 2 saturated heterocycles. The van der Waals surface area contributed by atoms with Crippen LogP contribution in [0.1, 0.15) is 37.6 Å². The van der Waals surface area contributed by atoms with Crippen molar-refractivity contribution in [2.75, 3.05) is 6.54 Å². The second-order valence-electron chi connectivity index (χ2n) is 10.5. The van der Waals surface area contributed by atoms with E-state index in [0.717, 1.165) is 16.9 Å². The van der Waals surface area contributed by atoms with Gasteiger partial charge in [-0.25, -0.2) is 0 Å². The molecule has 0 radical (unpaired) electrons. The maximum Gasteiger partial charge on any atom is 0.246 e. The van der Waals surface area contributed by atoms with E-state index >= 15 is 0 Å². The van der Waals surface area contributed by atoms with Crippen LogP contribution in [0, 0.1) is 17.8 Å². The Morgan fingerprint density at radius 3 is 2.50 bits per heavy atom. The van der Waals surface area contributed by atoms with Crippen LogP contribution in [0.3, 0.4) is 0 Å². The zero-order chi connectivity index (χ0) is 25.5. The van der Waals surface area contributed by atoms with Gasteiger partial charge in [0.15, 0.2) is 0 Å². The van der Waals surface area contributed by atoms with Gasteiger partial charge >= 0.3 is 0 Å². The molecule has 2 N–H and O–H groups in total. The lowest BCUT2D eigenvalue weighted by Gasteiger charge is -2.33. The van der Waals surface area contributed by atoms with Crippen LogP contribution >= 0.6 is 11.3 Å². The van der Waals surface area contributed by atoms with E-state index in [2.05, 4.69) is 24.5 Å². The summed E-state index contributed by atoms with van der Waals surface area (Å²) in [7, 11) is 0. The molecule has 190 valence electrons. The number of fused-ring (bicyclic) bond motifs is 1. The highest BCUT2D eigenvalue weighted by Crippen LogP contribution is 2.59. The largest absolute Gasteiger partial charge is 0.356 e. The highest BCUT2D eigenvalue weighted by atomic mass is 32.1. The molecule has 3 aliphatic heterocycles. The van der Waals surface area contributed by atoms with Gasteiger partial charge in [-0.1, -0.05) is 62.4 Å². The van der Waals surface area contributed by atoms with Crippen LogP contribution in [0.4, 0.5) is 0 Å².